The minimum Gasteiger partial charge on any atom is -0.300 e. The maximum atomic E-state index is 2.48. The smallest absolute Gasteiger partial charge is 0.0236 e. The van der Waals surface area contributed by atoms with Crippen molar-refractivity contribution in [3.8, 4) is 0 Å². The Morgan fingerprint density at radius 3 is 2.06 bits per heavy atom. The van der Waals surface area contributed by atoms with Crippen LogP contribution in [0.5, 0.6) is 0 Å². The largest absolute Gasteiger partial charge is 0.300 e. The van der Waals surface area contributed by atoms with Crippen LogP contribution in [0.3, 0.4) is 0 Å². The second-order valence-corrected chi connectivity index (χ2v) is 4.27. The standard InChI is InChI=1S/C15H25N/c1-5-13-9-10-14(6-2)15(11-13)12-16(7-3)8-4/h9-11H,5-8,12H2,1-4H3. The van der Waals surface area contributed by atoms with Crippen LogP contribution in [0.15, 0.2) is 18.2 Å². The summed E-state index contributed by atoms with van der Waals surface area (Å²) in [5.41, 5.74) is 4.48. The average molecular weight is 219 g/mol. The first-order valence-electron chi connectivity index (χ1n) is 6.58. The number of aryl methyl sites for hydroxylation is 2. The molecule has 0 bridgehead atoms. The molecule has 0 unspecified atom stereocenters. The van der Waals surface area contributed by atoms with E-state index in [2.05, 4.69) is 50.8 Å². The molecule has 0 aliphatic rings. The summed E-state index contributed by atoms with van der Waals surface area (Å²) in [5, 5.41) is 0. The van der Waals surface area contributed by atoms with Gasteiger partial charge in [-0.25, -0.2) is 0 Å². The van der Waals surface area contributed by atoms with E-state index in [0.717, 1.165) is 32.5 Å². The Morgan fingerprint density at radius 1 is 0.875 bits per heavy atom. The molecule has 0 heterocycles. The number of hydrogen-bond acceptors (Lipinski definition) is 1. The topological polar surface area (TPSA) is 3.24 Å². The van der Waals surface area contributed by atoms with Crippen molar-refractivity contribution in [2.24, 2.45) is 0 Å². The molecule has 0 saturated carbocycles. The van der Waals surface area contributed by atoms with Crippen molar-refractivity contribution in [1.82, 2.24) is 4.90 Å². The maximum Gasteiger partial charge on any atom is 0.0236 e. The first-order chi connectivity index (χ1) is 7.74. The Kier molecular flexibility index (Phi) is 5.54. The molecule has 1 rings (SSSR count). The summed E-state index contributed by atoms with van der Waals surface area (Å²) >= 11 is 0. The molecule has 0 N–H and O–H groups in total. The lowest BCUT2D eigenvalue weighted by Gasteiger charge is -2.20. The first kappa shape index (κ1) is 13.2. The van der Waals surface area contributed by atoms with E-state index in [9.17, 15) is 0 Å². The van der Waals surface area contributed by atoms with Gasteiger partial charge in [-0.15, -0.1) is 0 Å². The third-order valence-electron chi connectivity index (χ3n) is 3.35. The lowest BCUT2D eigenvalue weighted by atomic mass is 10.0. The van der Waals surface area contributed by atoms with E-state index in [1.807, 2.05) is 0 Å². The maximum absolute atomic E-state index is 2.48. The van der Waals surface area contributed by atoms with Crippen molar-refractivity contribution in [3.63, 3.8) is 0 Å². The molecule has 0 radical (unpaired) electrons. The summed E-state index contributed by atoms with van der Waals surface area (Å²) in [6.45, 7) is 12.3. The highest BCUT2D eigenvalue weighted by atomic mass is 15.1. The minimum absolute atomic E-state index is 1.10. The highest BCUT2D eigenvalue weighted by Crippen LogP contribution is 2.15. The highest BCUT2D eigenvalue weighted by Gasteiger charge is 2.06. The fraction of sp³-hybridized carbons (Fsp3) is 0.600. The Morgan fingerprint density at radius 2 is 1.56 bits per heavy atom. The lowest BCUT2D eigenvalue weighted by molar-refractivity contribution is 0.295. The van der Waals surface area contributed by atoms with Crippen molar-refractivity contribution in [2.45, 2.75) is 47.1 Å². The second-order valence-electron chi connectivity index (χ2n) is 4.27. The first-order valence-corrected chi connectivity index (χ1v) is 6.58. The van der Waals surface area contributed by atoms with Crippen LogP contribution in [-0.2, 0) is 19.4 Å². The predicted molar refractivity (Wildman–Crippen MR) is 71.8 cm³/mol. The van der Waals surface area contributed by atoms with Crippen molar-refractivity contribution in [3.05, 3.63) is 34.9 Å². The molecule has 0 amide bonds. The number of rotatable bonds is 6. The number of benzene rings is 1. The van der Waals surface area contributed by atoms with Gasteiger partial charge in [0.2, 0.25) is 0 Å². The molecule has 1 aromatic rings. The number of nitrogens with zero attached hydrogens (tertiary/aromatic N) is 1. The fourth-order valence-corrected chi connectivity index (χ4v) is 2.08. The van der Waals surface area contributed by atoms with Crippen LogP contribution in [0, 0.1) is 0 Å². The van der Waals surface area contributed by atoms with E-state index in [1.165, 1.54) is 16.7 Å². The van der Waals surface area contributed by atoms with E-state index in [1.54, 1.807) is 0 Å². The number of hydrogen-bond donors (Lipinski definition) is 0. The second kappa shape index (κ2) is 6.70. The summed E-state index contributed by atoms with van der Waals surface area (Å²) < 4.78 is 0. The van der Waals surface area contributed by atoms with E-state index >= 15 is 0 Å². The average Bonchev–Trinajstić information content (AvgIpc) is 2.35. The zero-order valence-electron chi connectivity index (χ0n) is 11.2. The quantitative estimate of drug-likeness (QED) is 0.706. The SMILES string of the molecule is CCc1ccc(CC)c(CN(CC)CC)c1. The van der Waals surface area contributed by atoms with Crippen molar-refractivity contribution in [1.29, 1.82) is 0 Å². The molecule has 1 nitrogen and oxygen atoms in total. The Bertz CT molecular complexity index is 313. The molecule has 16 heavy (non-hydrogen) atoms. The van der Waals surface area contributed by atoms with Crippen molar-refractivity contribution in [2.75, 3.05) is 13.1 Å². The van der Waals surface area contributed by atoms with Gasteiger partial charge in [-0.2, -0.15) is 0 Å². The third-order valence-corrected chi connectivity index (χ3v) is 3.35. The van der Waals surface area contributed by atoms with Crippen LogP contribution in [0.25, 0.3) is 0 Å². The molecule has 90 valence electrons. The van der Waals surface area contributed by atoms with Gasteiger partial charge in [0.15, 0.2) is 0 Å². The zero-order valence-corrected chi connectivity index (χ0v) is 11.2. The van der Waals surface area contributed by atoms with Gasteiger partial charge in [-0.3, -0.25) is 4.90 Å². The Balaban J connectivity index is 2.90. The summed E-state index contributed by atoms with van der Waals surface area (Å²) in [6, 6.07) is 6.96. The summed E-state index contributed by atoms with van der Waals surface area (Å²) in [4.78, 5) is 2.48. The summed E-state index contributed by atoms with van der Waals surface area (Å²) in [6.07, 6.45) is 2.27. The summed E-state index contributed by atoms with van der Waals surface area (Å²) in [7, 11) is 0. The van der Waals surface area contributed by atoms with Gasteiger partial charge in [0.25, 0.3) is 0 Å². The molecule has 0 aliphatic heterocycles. The molecular formula is C15H25N. The minimum atomic E-state index is 1.10. The van der Waals surface area contributed by atoms with E-state index in [0.29, 0.717) is 0 Å². The van der Waals surface area contributed by atoms with Gasteiger partial charge in [0, 0.05) is 6.54 Å². The molecule has 0 spiro atoms. The van der Waals surface area contributed by atoms with E-state index in [4.69, 9.17) is 0 Å². The normalized spacial score (nSPS) is 11.1. The van der Waals surface area contributed by atoms with Crippen LogP contribution in [-0.4, -0.2) is 18.0 Å². The van der Waals surface area contributed by atoms with Gasteiger partial charge in [0.05, 0.1) is 0 Å². The summed E-state index contributed by atoms with van der Waals surface area (Å²) in [5.74, 6) is 0. The molecule has 0 saturated heterocycles. The molecule has 0 aromatic heterocycles. The monoisotopic (exact) mass is 219 g/mol. The zero-order chi connectivity index (χ0) is 12.0. The van der Waals surface area contributed by atoms with Crippen LogP contribution in [0.4, 0.5) is 0 Å². The highest BCUT2D eigenvalue weighted by molar-refractivity contribution is 5.32. The third kappa shape index (κ3) is 3.34. The van der Waals surface area contributed by atoms with E-state index in [-0.39, 0.29) is 0 Å². The molecule has 0 fully saturated rings. The van der Waals surface area contributed by atoms with Crippen molar-refractivity contribution >= 4 is 0 Å². The van der Waals surface area contributed by atoms with Gasteiger partial charge >= 0.3 is 0 Å². The van der Waals surface area contributed by atoms with Gasteiger partial charge in [-0.05, 0) is 42.6 Å². The van der Waals surface area contributed by atoms with Crippen molar-refractivity contribution < 1.29 is 0 Å². The Hall–Kier alpha value is -0.820. The van der Waals surface area contributed by atoms with Crippen LogP contribution in [0.1, 0.15) is 44.4 Å². The Labute approximate surface area is 100 Å². The van der Waals surface area contributed by atoms with E-state index < -0.39 is 0 Å². The van der Waals surface area contributed by atoms with Crippen LogP contribution in [0.2, 0.25) is 0 Å². The molecule has 1 aromatic carbocycles. The molecule has 0 aliphatic carbocycles. The predicted octanol–water partition coefficient (Wildman–Crippen LogP) is 3.65. The van der Waals surface area contributed by atoms with Gasteiger partial charge in [0.1, 0.15) is 0 Å². The molecule has 1 heteroatoms. The lowest BCUT2D eigenvalue weighted by Crippen LogP contribution is -2.22. The van der Waals surface area contributed by atoms with Gasteiger partial charge in [-0.1, -0.05) is 45.9 Å². The van der Waals surface area contributed by atoms with Crippen LogP contribution < -0.4 is 0 Å². The molecule has 0 atom stereocenters. The van der Waals surface area contributed by atoms with Gasteiger partial charge < -0.3 is 0 Å². The van der Waals surface area contributed by atoms with Crippen LogP contribution >= 0.6 is 0 Å². The fourth-order valence-electron chi connectivity index (χ4n) is 2.08. The molecular weight excluding hydrogens is 194 g/mol.